The molecular weight excluding hydrogens is 809 g/mol. The molecule has 0 saturated heterocycles. The summed E-state index contributed by atoms with van der Waals surface area (Å²) in [6.07, 6.45) is 0. The van der Waals surface area contributed by atoms with Gasteiger partial charge in [0.25, 0.3) is 0 Å². The first-order valence-corrected chi connectivity index (χ1v) is 23.3. The van der Waals surface area contributed by atoms with Crippen LogP contribution in [0.3, 0.4) is 0 Å². The van der Waals surface area contributed by atoms with Gasteiger partial charge in [0.2, 0.25) is 0 Å². The summed E-state index contributed by atoms with van der Waals surface area (Å²) in [5, 5.41) is 7.55. The van der Waals surface area contributed by atoms with Gasteiger partial charge in [-0.3, -0.25) is 0 Å². The number of rotatable bonds is 7. The van der Waals surface area contributed by atoms with Gasteiger partial charge in [0.1, 0.15) is 0 Å². The van der Waals surface area contributed by atoms with Gasteiger partial charge in [-0.25, -0.2) is 0 Å². The summed E-state index contributed by atoms with van der Waals surface area (Å²) in [5.74, 6) is 0. The van der Waals surface area contributed by atoms with Crippen molar-refractivity contribution in [3.05, 3.63) is 254 Å². The zero-order chi connectivity index (χ0) is 44.6. The van der Waals surface area contributed by atoms with E-state index < -0.39 is 0 Å². The molecule has 0 bridgehead atoms. The molecule has 316 valence electrons. The van der Waals surface area contributed by atoms with Gasteiger partial charge in [-0.1, -0.05) is 184 Å². The summed E-state index contributed by atoms with van der Waals surface area (Å²) in [4.78, 5) is 2.40. The van der Waals surface area contributed by atoms with Gasteiger partial charge in [-0.2, -0.15) is 0 Å². The van der Waals surface area contributed by atoms with Crippen LogP contribution in [0.15, 0.2) is 243 Å². The van der Waals surface area contributed by atoms with Crippen molar-refractivity contribution >= 4 is 60.4 Å². The van der Waals surface area contributed by atoms with E-state index in [2.05, 4.69) is 266 Å². The van der Waals surface area contributed by atoms with E-state index in [0.29, 0.717) is 0 Å². The number of nitrogens with zero attached hydrogens (tertiary/aromatic N) is 2. The lowest BCUT2D eigenvalue weighted by atomic mass is 9.82. The maximum Gasteiger partial charge on any atom is 0.0541 e. The van der Waals surface area contributed by atoms with Gasteiger partial charge < -0.3 is 9.47 Å². The molecule has 0 fully saturated rings. The predicted octanol–water partition coefficient (Wildman–Crippen LogP) is 17.9. The number of hydrogen-bond donors (Lipinski definition) is 0. The minimum Gasteiger partial charge on any atom is -0.310 e. The molecule has 0 amide bonds. The number of hydrogen-bond acceptors (Lipinski definition) is 1. The second kappa shape index (κ2) is 15.3. The third kappa shape index (κ3) is 6.32. The summed E-state index contributed by atoms with van der Waals surface area (Å²) in [5.41, 5.74) is 19.5. The van der Waals surface area contributed by atoms with Crippen LogP contribution in [0.5, 0.6) is 0 Å². The second-order valence-corrected chi connectivity index (χ2v) is 18.5. The Bertz CT molecular complexity index is 3870. The van der Waals surface area contributed by atoms with Gasteiger partial charge in [0.15, 0.2) is 0 Å². The fraction of sp³-hybridized carbons (Fsp3) is 0.0462. The lowest BCUT2D eigenvalue weighted by Gasteiger charge is -2.26. The van der Waals surface area contributed by atoms with Crippen molar-refractivity contribution in [1.82, 2.24) is 4.57 Å². The van der Waals surface area contributed by atoms with Crippen LogP contribution >= 0.6 is 0 Å². The van der Waals surface area contributed by atoms with Gasteiger partial charge >= 0.3 is 0 Å². The molecule has 2 heteroatoms. The van der Waals surface area contributed by atoms with Crippen molar-refractivity contribution in [2.75, 3.05) is 4.90 Å². The van der Waals surface area contributed by atoms with Crippen LogP contribution in [0, 0.1) is 0 Å². The lowest BCUT2D eigenvalue weighted by Crippen LogP contribution is -2.14. The number of aromatic nitrogens is 1. The summed E-state index contributed by atoms with van der Waals surface area (Å²) in [7, 11) is 0. The monoisotopic (exact) mass is 854 g/mol. The molecule has 1 aromatic heterocycles. The van der Waals surface area contributed by atoms with Crippen LogP contribution in [0.4, 0.5) is 17.1 Å². The number of benzene rings is 11. The predicted molar refractivity (Wildman–Crippen MR) is 284 cm³/mol. The topological polar surface area (TPSA) is 8.17 Å². The Morgan fingerprint density at radius 1 is 0.313 bits per heavy atom. The number of fused-ring (bicyclic) bond motifs is 9. The molecular formula is C65H46N2. The van der Waals surface area contributed by atoms with Gasteiger partial charge in [-0.15, -0.1) is 0 Å². The van der Waals surface area contributed by atoms with E-state index in [1.54, 1.807) is 0 Å². The molecule has 0 N–H and O–H groups in total. The zero-order valence-electron chi connectivity index (χ0n) is 37.5. The van der Waals surface area contributed by atoms with Crippen LogP contribution in [0.2, 0.25) is 0 Å². The number of anilines is 3. The third-order valence-electron chi connectivity index (χ3n) is 14.4. The fourth-order valence-electron chi connectivity index (χ4n) is 11.1. The molecule has 1 heterocycles. The lowest BCUT2D eigenvalue weighted by molar-refractivity contribution is 0.660. The maximum absolute atomic E-state index is 2.40. The van der Waals surface area contributed by atoms with Gasteiger partial charge in [0, 0.05) is 38.9 Å². The quantitative estimate of drug-likeness (QED) is 0.145. The van der Waals surface area contributed by atoms with Crippen molar-refractivity contribution in [3.63, 3.8) is 0 Å². The first-order chi connectivity index (χ1) is 33.0. The Morgan fingerprint density at radius 3 is 1.72 bits per heavy atom. The summed E-state index contributed by atoms with van der Waals surface area (Å²) in [6.45, 7) is 4.68. The van der Waals surface area contributed by atoms with Crippen LogP contribution < -0.4 is 4.90 Å². The minimum absolute atomic E-state index is 0.0196. The van der Waals surface area contributed by atoms with Crippen LogP contribution in [-0.4, -0.2) is 4.57 Å². The molecule has 67 heavy (non-hydrogen) atoms. The third-order valence-corrected chi connectivity index (χ3v) is 14.4. The largest absolute Gasteiger partial charge is 0.310 e. The fourth-order valence-corrected chi connectivity index (χ4v) is 11.1. The molecule has 0 saturated carbocycles. The zero-order valence-corrected chi connectivity index (χ0v) is 37.5. The molecule has 0 atom stereocenters. The second-order valence-electron chi connectivity index (χ2n) is 18.5. The minimum atomic E-state index is -0.0196. The van der Waals surface area contributed by atoms with E-state index in [9.17, 15) is 0 Å². The standard InChI is InChI=1S/C65H46N2/c1-65(2)61-24-10-8-20-57(61)59-41-46(31-38-62(59)65)43-26-33-50(34-27-43)66(52-18-12-15-48(40-52)54-22-13-23-55-53-19-7-6-14-45(53)30-37-56(54)55)51-35-28-44(29-36-51)47-32-39-64-60(42-47)58-21-9-11-25-63(58)67(64)49-16-4-3-5-17-49/h3-42H,1-2H3. The van der Waals surface area contributed by atoms with Crippen molar-refractivity contribution in [1.29, 1.82) is 0 Å². The first-order valence-electron chi connectivity index (χ1n) is 23.3. The Kier molecular flexibility index (Phi) is 8.91. The van der Waals surface area contributed by atoms with E-state index in [4.69, 9.17) is 0 Å². The van der Waals surface area contributed by atoms with E-state index >= 15 is 0 Å². The molecule has 0 unspecified atom stereocenters. The van der Waals surface area contributed by atoms with Crippen LogP contribution in [0.25, 0.3) is 93.5 Å². The molecule has 1 aliphatic rings. The van der Waals surface area contributed by atoms with Crippen molar-refractivity contribution in [3.8, 4) is 50.2 Å². The van der Waals surface area contributed by atoms with Crippen molar-refractivity contribution < 1.29 is 0 Å². The highest BCUT2D eigenvalue weighted by Crippen LogP contribution is 2.50. The Labute approximate surface area is 391 Å². The van der Waals surface area contributed by atoms with Crippen molar-refractivity contribution in [2.24, 2.45) is 0 Å². The van der Waals surface area contributed by atoms with E-state index in [1.807, 2.05) is 0 Å². The van der Waals surface area contributed by atoms with E-state index in [1.165, 1.54) is 105 Å². The molecule has 0 radical (unpaired) electrons. The smallest absolute Gasteiger partial charge is 0.0541 e. The van der Waals surface area contributed by atoms with Gasteiger partial charge in [0.05, 0.1) is 11.0 Å². The normalized spacial score (nSPS) is 12.7. The molecule has 11 aromatic carbocycles. The Morgan fingerprint density at radius 2 is 0.910 bits per heavy atom. The van der Waals surface area contributed by atoms with E-state index in [-0.39, 0.29) is 5.41 Å². The molecule has 0 spiro atoms. The molecule has 2 nitrogen and oxygen atoms in total. The average molecular weight is 855 g/mol. The average Bonchev–Trinajstić information content (AvgIpc) is 3.84. The SMILES string of the molecule is CC1(C)c2ccccc2-c2cc(-c3ccc(N(c4ccc(-c5ccc6c(c5)c5ccccc5n6-c5ccccc5)cc4)c4cccc(-c5cccc6c5ccc5ccccc56)c4)cc3)ccc21. The first kappa shape index (κ1) is 39.0. The molecule has 13 rings (SSSR count). The highest BCUT2D eigenvalue weighted by molar-refractivity contribution is 6.13. The van der Waals surface area contributed by atoms with Crippen LogP contribution in [-0.2, 0) is 5.41 Å². The Hall–Kier alpha value is -8.46. The summed E-state index contributed by atoms with van der Waals surface area (Å²) < 4.78 is 2.37. The highest BCUT2D eigenvalue weighted by atomic mass is 15.1. The van der Waals surface area contributed by atoms with Gasteiger partial charge in [-0.05, 0) is 150 Å². The number of para-hydroxylation sites is 2. The summed E-state index contributed by atoms with van der Waals surface area (Å²) in [6, 6.07) is 89.4. The maximum atomic E-state index is 2.40. The van der Waals surface area contributed by atoms with E-state index in [0.717, 1.165) is 17.1 Å². The summed E-state index contributed by atoms with van der Waals surface area (Å²) >= 11 is 0. The molecule has 0 aliphatic heterocycles. The molecule has 12 aromatic rings. The van der Waals surface area contributed by atoms with Crippen LogP contribution in [0.1, 0.15) is 25.0 Å². The van der Waals surface area contributed by atoms with Crippen molar-refractivity contribution in [2.45, 2.75) is 19.3 Å². The molecule has 1 aliphatic carbocycles. The Balaban J connectivity index is 0.910. The highest BCUT2D eigenvalue weighted by Gasteiger charge is 2.35.